The Morgan fingerprint density at radius 3 is 2.48 bits per heavy atom. The third-order valence-electron chi connectivity index (χ3n) is 4.03. The van der Waals surface area contributed by atoms with Crippen LogP contribution < -0.4 is 21.1 Å². The van der Waals surface area contributed by atoms with Gasteiger partial charge in [0.2, 0.25) is 11.8 Å². The van der Waals surface area contributed by atoms with Gasteiger partial charge in [0.15, 0.2) is 0 Å². The second-order valence-electron chi connectivity index (χ2n) is 6.11. The Bertz CT molecular complexity index is 959. The number of para-hydroxylation sites is 1. The number of ether oxygens (including phenoxy) is 1. The molecule has 0 aromatic heterocycles. The maximum Gasteiger partial charge on any atom is 0.269 e. The first-order chi connectivity index (χ1) is 13.7. The summed E-state index contributed by atoms with van der Waals surface area (Å²) in [6, 6.07) is 9.02. The maximum atomic E-state index is 12.7. The molecule has 1 atom stereocenters. The molecule has 152 valence electrons. The first-order valence-electron chi connectivity index (χ1n) is 8.51. The SMILES string of the molecule is COc1ccc([N+](=O)[O-])cc1C[C@@H](NC(=O)c1ccccc1NC(C)=O)C(N)=O. The molecule has 4 N–H and O–H groups in total. The first-order valence-corrected chi connectivity index (χ1v) is 8.51. The summed E-state index contributed by atoms with van der Waals surface area (Å²) in [5, 5.41) is 16.1. The Hall–Kier alpha value is -3.95. The molecule has 0 saturated carbocycles. The molecular formula is C19H20N4O6. The average Bonchev–Trinajstić information content (AvgIpc) is 2.67. The van der Waals surface area contributed by atoms with Crippen molar-refractivity contribution in [1.29, 1.82) is 0 Å². The van der Waals surface area contributed by atoms with Gasteiger partial charge >= 0.3 is 0 Å². The fraction of sp³-hybridized carbons (Fsp3) is 0.211. The fourth-order valence-electron chi connectivity index (χ4n) is 2.70. The molecule has 0 fully saturated rings. The van der Waals surface area contributed by atoms with Crippen molar-refractivity contribution in [3.05, 3.63) is 63.7 Å². The highest BCUT2D eigenvalue weighted by Gasteiger charge is 2.24. The number of carbonyl (C=O) groups excluding carboxylic acids is 3. The number of hydrogen-bond donors (Lipinski definition) is 3. The molecule has 0 bridgehead atoms. The quantitative estimate of drug-likeness (QED) is 0.449. The number of rotatable bonds is 8. The summed E-state index contributed by atoms with van der Waals surface area (Å²) in [5.74, 6) is -1.51. The normalized spacial score (nSPS) is 11.2. The van der Waals surface area contributed by atoms with Crippen LogP contribution in [0, 0.1) is 10.1 Å². The van der Waals surface area contributed by atoms with E-state index in [4.69, 9.17) is 10.5 Å². The molecule has 2 aromatic carbocycles. The van der Waals surface area contributed by atoms with Gasteiger partial charge in [-0.15, -0.1) is 0 Å². The van der Waals surface area contributed by atoms with Crippen LogP contribution in [0.1, 0.15) is 22.8 Å². The standard InChI is InChI=1S/C19H20N4O6/c1-11(24)21-15-6-4-3-5-14(15)19(26)22-16(18(20)25)10-12-9-13(23(27)28)7-8-17(12)29-2/h3-9,16H,10H2,1-2H3,(H2,20,25)(H,21,24)(H,22,26)/t16-/m1/s1. The van der Waals surface area contributed by atoms with E-state index in [0.717, 1.165) is 0 Å². The van der Waals surface area contributed by atoms with Crippen LogP contribution in [0.15, 0.2) is 42.5 Å². The third-order valence-corrected chi connectivity index (χ3v) is 4.03. The van der Waals surface area contributed by atoms with Gasteiger partial charge in [-0.1, -0.05) is 12.1 Å². The molecular weight excluding hydrogens is 380 g/mol. The topological polar surface area (TPSA) is 154 Å². The highest BCUT2D eigenvalue weighted by atomic mass is 16.6. The number of benzene rings is 2. The van der Waals surface area contributed by atoms with Crippen molar-refractivity contribution in [1.82, 2.24) is 5.32 Å². The number of nitrogens with zero attached hydrogens (tertiary/aromatic N) is 1. The molecule has 0 spiro atoms. The van der Waals surface area contributed by atoms with Gasteiger partial charge < -0.3 is 21.1 Å². The Morgan fingerprint density at radius 1 is 1.21 bits per heavy atom. The van der Waals surface area contributed by atoms with E-state index in [1.54, 1.807) is 18.2 Å². The Balaban J connectivity index is 2.29. The van der Waals surface area contributed by atoms with E-state index >= 15 is 0 Å². The molecule has 10 nitrogen and oxygen atoms in total. The van der Waals surface area contributed by atoms with Crippen molar-refractivity contribution >= 4 is 29.1 Å². The molecule has 0 heterocycles. The van der Waals surface area contributed by atoms with Crippen LogP contribution in [0.2, 0.25) is 0 Å². The van der Waals surface area contributed by atoms with Gasteiger partial charge in [-0.05, 0) is 18.2 Å². The molecule has 10 heteroatoms. The van der Waals surface area contributed by atoms with Crippen LogP contribution in [0.4, 0.5) is 11.4 Å². The minimum absolute atomic E-state index is 0.117. The number of hydrogen-bond acceptors (Lipinski definition) is 6. The van der Waals surface area contributed by atoms with Crippen LogP contribution in [0.25, 0.3) is 0 Å². The number of primary amides is 1. The van der Waals surface area contributed by atoms with E-state index in [1.165, 1.54) is 38.3 Å². The van der Waals surface area contributed by atoms with E-state index in [-0.39, 0.29) is 29.3 Å². The number of carbonyl (C=O) groups is 3. The predicted molar refractivity (Wildman–Crippen MR) is 105 cm³/mol. The lowest BCUT2D eigenvalue weighted by molar-refractivity contribution is -0.384. The molecule has 0 aliphatic heterocycles. The molecule has 0 radical (unpaired) electrons. The zero-order chi connectivity index (χ0) is 21.6. The molecule has 0 unspecified atom stereocenters. The van der Waals surface area contributed by atoms with Gasteiger partial charge in [0.25, 0.3) is 11.6 Å². The predicted octanol–water partition coefficient (Wildman–Crippen LogP) is 1.39. The van der Waals surface area contributed by atoms with Crippen LogP contribution >= 0.6 is 0 Å². The number of nitrogens with two attached hydrogens (primary N) is 1. The molecule has 0 saturated heterocycles. The maximum absolute atomic E-state index is 12.7. The number of methoxy groups -OCH3 is 1. The summed E-state index contributed by atoms with van der Waals surface area (Å²) in [6.07, 6.45) is -0.117. The summed E-state index contributed by atoms with van der Waals surface area (Å²) in [6.45, 7) is 1.30. The van der Waals surface area contributed by atoms with Gasteiger partial charge in [0.05, 0.1) is 23.3 Å². The van der Waals surface area contributed by atoms with Crippen molar-refractivity contribution in [2.24, 2.45) is 5.73 Å². The summed E-state index contributed by atoms with van der Waals surface area (Å²) >= 11 is 0. The minimum atomic E-state index is -1.16. The van der Waals surface area contributed by atoms with Crippen LogP contribution in [0.5, 0.6) is 5.75 Å². The average molecular weight is 400 g/mol. The molecule has 29 heavy (non-hydrogen) atoms. The Labute approximate surface area is 166 Å². The van der Waals surface area contributed by atoms with Crippen molar-refractivity contribution < 1.29 is 24.0 Å². The largest absolute Gasteiger partial charge is 0.496 e. The van der Waals surface area contributed by atoms with Crippen molar-refractivity contribution in [2.45, 2.75) is 19.4 Å². The number of nitro groups is 1. The summed E-state index contributed by atoms with van der Waals surface area (Å²) in [7, 11) is 1.38. The second-order valence-corrected chi connectivity index (χ2v) is 6.11. The fourth-order valence-corrected chi connectivity index (χ4v) is 2.70. The lowest BCUT2D eigenvalue weighted by Gasteiger charge is -2.18. The molecule has 3 amide bonds. The lowest BCUT2D eigenvalue weighted by Crippen LogP contribution is -2.46. The molecule has 2 rings (SSSR count). The van der Waals surface area contributed by atoms with E-state index in [9.17, 15) is 24.5 Å². The second kappa shape index (κ2) is 9.31. The van der Waals surface area contributed by atoms with E-state index in [2.05, 4.69) is 10.6 Å². The van der Waals surface area contributed by atoms with Gasteiger partial charge in [0.1, 0.15) is 11.8 Å². The van der Waals surface area contributed by atoms with E-state index < -0.39 is 22.8 Å². The minimum Gasteiger partial charge on any atom is -0.496 e. The van der Waals surface area contributed by atoms with E-state index in [1.807, 2.05) is 0 Å². The van der Waals surface area contributed by atoms with Crippen LogP contribution in [0.3, 0.4) is 0 Å². The van der Waals surface area contributed by atoms with Crippen LogP contribution in [-0.4, -0.2) is 35.8 Å². The Morgan fingerprint density at radius 2 is 1.90 bits per heavy atom. The molecule has 0 aliphatic carbocycles. The summed E-state index contributed by atoms with van der Waals surface area (Å²) in [5.41, 5.74) is 5.98. The molecule has 0 aliphatic rings. The zero-order valence-corrected chi connectivity index (χ0v) is 15.8. The zero-order valence-electron chi connectivity index (χ0n) is 15.8. The number of nitro benzene ring substituents is 1. The van der Waals surface area contributed by atoms with Gasteiger partial charge in [-0.2, -0.15) is 0 Å². The number of anilines is 1. The van der Waals surface area contributed by atoms with Crippen molar-refractivity contribution in [2.75, 3.05) is 12.4 Å². The number of non-ortho nitro benzene ring substituents is 1. The van der Waals surface area contributed by atoms with Gasteiger partial charge in [-0.3, -0.25) is 24.5 Å². The lowest BCUT2D eigenvalue weighted by atomic mass is 10.0. The highest BCUT2D eigenvalue weighted by molar-refractivity contribution is 6.04. The monoisotopic (exact) mass is 400 g/mol. The number of amides is 3. The third kappa shape index (κ3) is 5.51. The highest BCUT2D eigenvalue weighted by Crippen LogP contribution is 2.25. The molecule has 2 aromatic rings. The van der Waals surface area contributed by atoms with Crippen LogP contribution in [-0.2, 0) is 16.0 Å². The summed E-state index contributed by atoms with van der Waals surface area (Å²) < 4.78 is 5.18. The van der Waals surface area contributed by atoms with E-state index in [0.29, 0.717) is 11.3 Å². The summed E-state index contributed by atoms with van der Waals surface area (Å²) in [4.78, 5) is 46.4. The number of nitrogens with one attached hydrogen (secondary N) is 2. The Kier molecular flexibility index (Phi) is 6.85. The van der Waals surface area contributed by atoms with Gasteiger partial charge in [-0.25, -0.2) is 0 Å². The van der Waals surface area contributed by atoms with Crippen molar-refractivity contribution in [3.8, 4) is 5.75 Å². The van der Waals surface area contributed by atoms with Gasteiger partial charge in [0, 0.05) is 31.0 Å². The smallest absolute Gasteiger partial charge is 0.269 e. The van der Waals surface area contributed by atoms with Crippen molar-refractivity contribution in [3.63, 3.8) is 0 Å². The first kappa shape index (κ1) is 21.4.